The van der Waals surface area contributed by atoms with Gasteiger partial charge in [-0.1, -0.05) is 6.07 Å². The molecule has 0 fully saturated rings. The Morgan fingerprint density at radius 2 is 2.05 bits per heavy atom. The zero-order valence-corrected chi connectivity index (χ0v) is 10.3. The predicted octanol–water partition coefficient (Wildman–Crippen LogP) is 1.04. The van der Waals surface area contributed by atoms with Crippen molar-refractivity contribution in [2.24, 2.45) is 0 Å². The van der Waals surface area contributed by atoms with Gasteiger partial charge in [0.05, 0.1) is 12.2 Å². The summed E-state index contributed by atoms with van der Waals surface area (Å²) in [7, 11) is 0. The third kappa shape index (κ3) is 3.29. The van der Waals surface area contributed by atoms with Crippen molar-refractivity contribution in [3.8, 4) is 0 Å². The Kier molecular flexibility index (Phi) is 3.90. The van der Waals surface area contributed by atoms with Crippen molar-refractivity contribution in [1.29, 1.82) is 0 Å². The fourth-order valence-corrected chi connectivity index (χ4v) is 1.50. The molecule has 0 aliphatic rings. The smallest absolute Gasteiger partial charge is 0.371 e. The first-order valence-corrected chi connectivity index (χ1v) is 5.68. The summed E-state index contributed by atoms with van der Waals surface area (Å²) in [4.78, 5) is 26.2. The molecule has 0 radical (unpaired) electrons. The third-order valence-corrected chi connectivity index (χ3v) is 2.43. The number of allylic oxidation sites excluding steroid dienone is 1. The Labute approximate surface area is 113 Å². The summed E-state index contributed by atoms with van der Waals surface area (Å²) in [6.45, 7) is 0.392. The molecule has 0 bridgehead atoms. The number of aliphatic carboxylic acids is 1. The summed E-state index contributed by atoms with van der Waals surface area (Å²) in [5.41, 5.74) is 0.826. The maximum absolute atomic E-state index is 11.6. The standard InChI is InChI=1S/C13H11N3O4/c17-11(7-12(18)13(19)20)10-4-6-16(15-10)8-9-3-1-2-5-14-9/h1-7,18H,8H2,(H,19,20). The van der Waals surface area contributed by atoms with Crippen LogP contribution in [0.2, 0.25) is 0 Å². The van der Waals surface area contributed by atoms with Crippen molar-refractivity contribution in [2.75, 3.05) is 0 Å². The van der Waals surface area contributed by atoms with Gasteiger partial charge in [-0.05, 0) is 18.2 Å². The summed E-state index contributed by atoms with van der Waals surface area (Å²) in [5.74, 6) is -3.26. The number of carboxylic acid groups (broad SMARTS) is 1. The minimum absolute atomic E-state index is 0.0498. The second kappa shape index (κ2) is 5.79. The SMILES string of the molecule is O=C(O)C(O)=CC(=O)c1ccn(Cc2ccccn2)n1. The van der Waals surface area contributed by atoms with Crippen LogP contribution in [0.1, 0.15) is 16.2 Å². The maximum atomic E-state index is 11.6. The maximum Gasteiger partial charge on any atom is 0.371 e. The lowest BCUT2D eigenvalue weighted by molar-refractivity contribution is -0.135. The Bertz CT molecular complexity index is 661. The van der Waals surface area contributed by atoms with Crippen molar-refractivity contribution in [3.05, 3.63) is 59.9 Å². The van der Waals surface area contributed by atoms with Gasteiger partial charge in [0.1, 0.15) is 5.69 Å². The van der Waals surface area contributed by atoms with Gasteiger partial charge in [0.15, 0.2) is 0 Å². The number of aliphatic hydroxyl groups is 1. The van der Waals surface area contributed by atoms with E-state index in [1.807, 2.05) is 12.1 Å². The number of carbonyl (C=O) groups excluding carboxylic acids is 1. The van der Waals surface area contributed by atoms with Gasteiger partial charge in [-0.2, -0.15) is 5.10 Å². The van der Waals surface area contributed by atoms with Crippen molar-refractivity contribution in [3.63, 3.8) is 0 Å². The topological polar surface area (TPSA) is 105 Å². The van der Waals surface area contributed by atoms with Gasteiger partial charge in [-0.3, -0.25) is 14.5 Å². The number of nitrogens with zero attached hydrogens (tertiary/aromatic N) is 3. The molecule has 0 saturated carbocycles. The molecule has 0 saturated heterocycles. The Hall–Kier alpha value is -2.96. The van der Waals surface area contributed by atoms with Crippen LogP contribution in [0.5, 0.6) is 0 Å². The molecular formula is C13H11N3O4. The summed E-state index contributed by atoms with van der Waals surface area (Å²) in [6, 6.07) is 6.89. The number of hydrogen-bond acceptors (Lipinski definition) is 5. The largest absolute Gasteiger partial charge is 0.502 e. The predicted molar refractivity (Wildman–Crippen MR) is 68.2 cm³/mol. The minimum atomic E-state index is -1.56. The molecule has 0 atom stereocenters. The fourth-order valence-electron chi connectivity index (χ4n) is 1.50. The van der Waals surface area contributed by atoms with E-state index in [4.69, 9.17) is 10.2 Å². The molecule has 7 nitrogen and oxygen atoms in total. The molecule has 2 aromatic rings. The molecular weight excluding hydrogens is 262 g/mol. The summed E-state index contributed by atoms with van der Waals surface area (Å²) < 4.78 is 1.50. The Morgan fingerprint density at radius 1 is 1.25 bits per heavy atom. The zero-order chi connectivity index (χ0) is 14.5. The molecule has 2 rings (SSSR count). The van der Waals surface area contributed by atoms with E-state index in [1.165, 1.54) is 10.7 Å². The Morgan fingerprint density at radius 3 is 2.70 bits per heavy atom. The highest BCUT2D eigenvalue weighted by atomic mass is 16.4. The number of pyridine rings is 1. The van der Waals surface area contributed by atoms with Crippen molar-refractivity contribution < 1.29 is 19.8 Å². The van der Waals surface area contributed by atoms with E-state index in [0.29, 0.717) is 12.6 Å². The van der Waals surface area contributed by atoms with E-state index in [0.717, 1.165) is 5.69 Å². The number of ketones is 1. The zero-order valence-electron chi connectivity index (χ0n) is 10.3. The molecule has 0 spiro atoms. The van der Waals surface area contributed by atoms with Crippen LogP contribution in [0.4, 0.5) is 0 Å². The van der Waals surface area contributed by atoms with Crippen LogP contribution in [0.25, 0.3) is 0 Å². The second-order valence-electron chi connectivity index (χ2n) is 3.92. The van der Waals surface area contributed by atoms with Crippen LogP contribution in [-0.4, -0.2) is 36.7 Å². The first-order valence-electron chi connectivity index (χ1n) is 5.68. The van der Waals surface area contributed by atoms with Gasteiger partial charge in [-0.15, -0.1) is 0 Å². The van der Waals surface area contributed by atoms with Crippen LogP contribution >= 0.6 is 0 Å². The first kappa shape index (κ1) is 13.5. The minimum Gasteiger partial charge on any atom is -0.502 e. The highest BCUT2D eigenvalue weighted by molar-refractivity contribution is 6.06. The van der Waals surface area contributed by atoms with Gasteiger partial charge >= 0.3 is 5.97 Å². The van der Waals surface area contributed by atoms with E-state index in [2.05, 4.69) is 10.1 Å². The van der Waals surface area contributed by atoms with Gasteiger partial charge in [-0.25, -0.2) is 4.79 Å². The van der Waals surface area contributed by atoms with Crippen molar-refractivity contribution in [2.45, 2.75) is 6.54 Å². The quantitative estimate of drug-likeness (QED) is 0.479. The Balaban J connectivity index is 2.11. The molecule has 102 valence electrons. The first-order chi connectivity index (χ1) is 9.56. The van der Waals surface area contributed by atoms with Crippen LogP contribution in [0.15, 0.2) is 48.5 Å². The van der Waals surface area contributed by atoms with Crippen LogP contribution in [-0.2, 0) is 11.3 Å². The average molecular weight is 273 g/mol. The molecule has 2 heterocycles. The molecule has 0 aromatic carbocycles. The lowest BCUT2D eigenvalue weighted by atomic mass is 10.2. The monoisotopic (exact) mass is 273 g/mol. The van der Waals surface area contributed by atoms with E-state index in [1.54, 1.807) is 18.5 Å². The lowest BCUT2D eigenvalue weighted by Crippen LogP contribution is -2.06. The number of aliphatic hydroxyl groups excluding tert-OH is 1. The van der Waals surface area contributed by atoms with Crippen LogP contribution in [0, 0.1) is 0 Å². The van der Waals surface area contributed by atoms with E-state index < -0.39 is 17.5 Å². The highest BCUT2D eigenvalue weighted by Gasteiger charge is 2.12. The number of hydrogen-bond donors (Lipinski definition) is 2. The number of carbonyl (C=O) groups is 2. The molecule has 0 amide bonds. The van der Waals surface area contributed by atoms with Gasteiger partial charge < -0.3 is 10.2 Å². The van der Waals surface area contributed by atoms with Crippen LogP contribution < -0.4 is 0 Å². The van der Waals surface area contributed by atoms with Crippen molar-refractivity contribution >= 4 is 11.8 Å². The fraction of sp³-hybridized carbons (Fsp3) is 0.0769. The molecule has 7 heteroatoms. The van der Waals surface area contributed by atoms with E-state index >= 15 is 0 Å². The van der Waals surface area contributed by atoms with Gasteiger partial charge in [0.25, 0.3) is 0 Å². The molecule has 0 aliphatic heterocycles. The van der Waals surface area contributed by atoms with Gasteiger partial charge in [0, 0.05) is 18.5 Å². The summed E-state index contributed by atoms with van der Waals surface area (Å²) >= 11 is 0. The molecule has 2 N–H and O–H groups in total. The second-order valence-corrected chi connectivity index (χ2v) is 3.92. The lowest BCUT2D eigenvalue weighted by Gasteiger charge is -1.99. The third-order valence-electron chi connectivity index (χ3n) is 2.43. The van der Waals surface area contributed by atoms with Crippen LogP contribution in [0.3, 0.4) is 0 Å². The van der Waals surface area contributed by atoms with E-state index in [9.17, 15) is 9.59 Å². The average Bonchev–Trinajstić information content (AvgIpc) is 2.88. The highest BCUT2D eigenvalue weighted by Crippen LogP contribution is 2.03. The van der Waals surface area contributed by atoms with E-state index in [-0.39, 0.29) is 5.69 Å². The molecule has 20 heavy (non-hydrogen) atoms. The normalized spacial score (nSPS) is 11.3. The molecule has 0 aliphatic carbocycles. The number of carboxylic acids is 1. The molecule has 0 unspecified atom stereocenters. The van der Waals surface area contributed by atoms with Gasteiger partial charge in [0.2, 0.25) is 11.5 Å². The molecule has 2 aromatic heterocycles. The number of aromatic nitrogens is 3. The summed E-state index contributed by atoms with van der Waals surface area (Å²) in [5, 5.41) is 21.5. The van der Waals surface area contributed by atoms with Crippen molar-refractivity contribution in [1.82, 2.24) is 14.8 Å². The number of rotatable bonds is 5. The summed E-state index contributed by atoms with van der Waals surface area (Å²) in [6.07, 6.45) is 3.85.